The van der Waals surface area contributed by atoms with Crippen molar-refractivity contribution in [2.45, 2.75) is 44.6 Å². The van der Waals surface area contributed by atoms with Gasteiger partial charge in [0.1, 0.15) is 0 Å². The highest BCUT2D eigenvalue weighted by atomic mass is 16.3. The molecule has 1 aliphatic carbocycles. The third-order valence-electron chi connectivity index (χ3n) is 4.45. The summed E-state index contributed by atoms with van der Waals surface area (Å²) in [7, 11) is 0. The molecule has 0 radical (unpaired) electrons. The average molecular weight is 290 g/mol. The van der Waals surface area contributed by atoms with Gasteiger partial charge in [0.25, 0.3) is 0 Å². The maximum atomic E-state index is 9.05. The molecule has 0 saturated heterocycles. The van der Waals surface area contributed by atoms with Crippen molar-refractivity contribution >= 4 is 0 Å². The van der Waals surface area contributed by atoms with E-state index in [1.807, 2.05) is 24.3 Å². The van der Waals surface area contributed by atoms with Crippen LogP contribution in [0.4, 0.5) is 0 Å². The lowest BCUT2D eigenvalue weighted by molar-refractivity contribution is 0.282. The lowest BCUT2D eigenvalue weighted by Crippen LogP contribution is -2.04. The molecule has 0 heterocycles. The Bertz CT molecular complexity index is 667. The summed E-state index contributed by atoms with van der Waals surface area (Å²) >= 11 is 0. The molecule has 3 rings (SSSR count). The van der Waals surface area contributed by atoms with E-state index >= 15 is 0 Å². The fourth-order valence-electron chi connectivity index (χ4n) is 3.14. The van der Waals surface area contributed by atoms with Gasteiger partial charge in [0, 0.05) is 11.1 Å². The van der Waals surface area contributed by atoms with E-state index in [-0.39, 0.29) is 6.61 Å². The first-order chi connectivity index (χ1) is 10.8. The predicted octanol–water partition coefficient (Wildman–Crippen LogP) is 4.63. The van der Waals surface area contributed by atoms with Gasteiger partial charge in [0.05, 0.1) is 6.61 Å². The average Bonchev–Trinajstić information content (AvgIpc) is 2.61. The molecule has 0 aromatic heterocycles. The molecule has 1 nitrogen and oxygen atoms in total. The van der Waals surface area contributed by atoms with E-state index in [2.05, 4.69) is 36.1 Å². The van der Waals surface area contributed by atoms with Crippen molar-refractivity contribution in [2.75, 3.05) is 0 Å². The van der Waals surface area contributed by atoms with Crippen molar-refractivity contribution in [1.29, 1.82) is 0 Å². The van der Waals surface area contributed by atoms with Gasteiger partial charge in [-0.2, -0.15) is 0 Å². The van der Waals surface area contributed by atoms with Crippen molar-refractivity contribution in [1.82, 2.24) is 0 Å². The summed E-state index contributed by atoms with van der Waals surface area (Å²) in [4.78, 5) is 0. The van der Waals surface area contributed by atoms with E-state index in [1.165, 1.54) is 37.7 Å². The SMILES string of the molecule is OCc1ccc(C#Cc2cccc(C3CCCCC3)c2)cc1. The molecule has 2 aromatic carbocycles. The molecule has 0 bridgehead atoms. The summed E-state index contributed by atoms with van der Waals surface area (Å²) in [6.07, 6.45) is 6.74. The first-order valence-electron chi connectivity index (χ1n) is 8.17. The number of aliphatic hydroxyl groups excluding tert-OH is 1. The molecule has 0 amide bonds. The Labute approximate surface area is 133 Å². The van der Waals surface area contributed by atoms with Crippen LogP contribution in [0.25, 0.3) is 0 Å². The predicted molar refractivity (Wildman–Crippen MR) is 90.6 cm³/mol. The van der Waals surface area contributed by atoms with Gasteiger partial charge in [-0.15, -0.1) is 0 Å². The van der Waals surface area contributed by atoms with Crippen molar-refractivity contribution in [2.24, 2.45) is 0 Å². The minimum absolute atomic E-state index is 0.0805. The molecule has 1 fully saturated rings. The van der Waals surface area contributed by atoms with Crippen molar-refractivity contribution in [3.05, 3.63) is 70.8 Å². The van der Waals surface area contributed by atoms with Crippen LogP contribution in [-0.2, 0) is 6.61 Å². The van der Waals surface area contributed by atoms with E-state index in [9.17, 15) is 0 Å². The van der Waals surface area contributed by atoms with Crippen LogP contribution in [0, 0.1) is 11.8 Å². The molecule has 1 heteroatoms. The third-order valence-corrected chi connectivity index (χ3v) is 4.45. The van der Waals surface area contributed by atoms with Gasteiger partial charge < -0.3 is 5.11 Å². The Morgan fingerprint density at radius 2 is 1.59 bits per heavy atom. The Balaban J connectivity index is 1.76. The van der Waals surface area contributed by atoms with Crippen LogP contribution in [0.2, 0.25) is 0 Å². The molecule has 0 aliphatic heterocycles. The maximum absolute atomic E-state index is 9.05. The molecule has 2 aromatic rings. The van der Waals surface area contributed by atoms with E-state index in [0.29, 0.717) is 0 Å². The molecule has 22 heavy (non-hydrogen) atoms. The molecule has 0 spiro atoms. The van der Waals surface area contributed by atoms with Gasteiger partial charge in [-0.3, -0.25) is 0 Å². The van der Waals surface area contributed by atoms with Gasteiger partial charge >= 0.3 is 0 Å². The number of hydrogen-bond donors (Lipinski definition) is 1. The number of aliphatic hydroxyl groups is 1. The summed E-state index contributed by atoms with van der Waals surface area (Å²) in [5.41, 5.74) is 4.45. The number of hydrogen-bond acceptors (Lipinski definition) is 1. The lowest BCUT2D eigenvalue weighted by Gasteiger charge is -2.22. The topological polar surface area (TPSA) is 20.2 Å². The van der Waals surface area contributed by atoms with Crippen LogP contribution in [0.5, 0.6) is 0 Å². The molecule has 0 unspecified atom stereocenters. The second-order valence-electron chi connectivity index (χ2n) is 6.07. The highest BCUT2D eigenvalue weighted by Crippen LogP contribution is 2.32. The van der Waals surface area contributed by atoms with E-state index in [1.54, 1.807) is 0 Å². The Morgan fingerprint density at radius 1 is 0.864 bits per heavy atom. The van der Waals surface area contributed by atoms with Crippen LogP contribution in [0.1, 0.15) is 60.3 Å². The first-order valence-corrected chi connectivity index (χ1v) is 8.17. The fourth-order valence-corrected chi connectivity index (χ4v) is 3.14. The molecular weight excluding hydrogens is 268 g/mol. The summed E-state index contributed by atoms with van der Waals surface area (Å²) in [5.74, 6) is 7.20. The van der Waals surface area contributed by atoms with Crippen molar-refractivity contribution in [3.63, 3.8) is 0 Å². The number of rotatable bonds is 2. The minimum atomic E-state index is 0.0805. The van der Waals surface area contributed by atoms with Gasteiger partial charge in [-0.1, -0.05) is 55.4 Å². The molecule has 112 valence electrons. The van der Waals surface area contributed by atoms with Gasteiger partial charge in [-0.05, 0) is 54.2 Å². The molecule has 1 saturated carbocycles. The zero-order valence-corrected chi connectivity index (χ0v) is 12.9. The molecule has 1 N–H and O–H groups in total. The Hall–Kier alpha value is -2.04. The highest BCUT2D eigenvalue weighted by Gasteiger charge is 2.15. The summed E-state index contributed by atoms with van der Waals surface area (Å²) in [5, 5.41) is 9.05. The van der Waals surface area contributed by atoms with Crippen LogP contribution in [0.3, 0.4) is 0 Å². The third kappa shape index (κ3) is 3.78. The smallest absolute Gasteiger partial charge is 0.0681 e. The lowest BCUT2D eigenvalue weighted by atomic mass is 9.84. The zero-order valence-electron chi connectivity index (χ0n) is 12.9. The Kier molecular flexibility index (Phi) is 4.93. The van der Waals surface area contributed by atoms with Gasteiger partial charge in [0.2, 0.25) is 0 Å². The summed E-state index contributed by atoms with van der Waals surface area (Å²) in [6.45, 7) is 0.0805. The molecule has 0 atom stereocenters. The summed E-state index contributed by atoms with van der Waals surface area (Å²) < 4.78 is 0. The van der Waals surface area contributed by atoms with Gasteiger partial charge in [0.15, 0.2) is 0 Å². The van der Waals surface area contributed by atoms with E-state index < -0.39 is 0 Å². The fraction of sp³-hybridized carbons (Fsp3) is 0.333. The van der Waals surface area contributed by atoms with Crippen molar-refractivity contribution < 1.29 is 5.11 Å². The van der Waals surface area contributed by atoms with Crippen LogP contribution >= 0.6 is 0 Å². The van der Waals surface area contributed by atoms with E-state index in [4.69, 9.17) is 5.11 Å². The quantitative estimate of drug-likeness (QED) is 0.800. The highest BCUT2D eigenvalue weighted by molar-refractivity contribution is 5.45. The largest absolute Gasteiger partial charge is 0.392 e. The maximum Gasteiger partial charge on any atom is 0.0681 e. The minimum Gasteiger partial charge on any atom is -0.392 e. The number of benzene rings is 2. The molecule has 1 aliphatic rings. The summed E-state index contributed by atoms with van der Waals surface area (Å²) in [6, 6.07) is 16.5. The van der Waals surface area contributed by atoms with Crippen LogP contribution < -0.4 is 0 Å². The van der Waals surface area contributed by atoms with Gasteiger partial charge in [-0.25, -0.2) is 0 Å². The monoisotopic (exact) mass is 290 g/mol. The zero-order chi connectivity index (χ0) is 15.2. The second-order valence-corrected chi connectivity index (χ2v) is 6.07. The standard InChI is InChI=1S/C21H22O/c22-16-19-13-10-17(11-14-19)9-12-18-5-4-8-21(15-18)20-6-2-1-3-7-20/h4-5,8,10-11,13-15,20,22H,1-3,6-7,16H2. The van der Waals surface area contributed by atoms with Crippen LogP contribution in [0.15, 0.2) is 48.5 Å². The van der Waals surface area contributed by atoms with Crippen LogP contribution in [-0.4, -0.2) is 5.11 Å². The Morgan fingerprint density at radius 3 is 2.32 bits per heavy atom. The second kappa shape index (κ2) is 7.29. The first kappa shape index (κ1) is 14.9. The van der Waals surface area contributed by atoms with Crippen molar-refractivity contribution in [3.8, 4) is 11.8 Å². The normalized spacial score (nSPS) is 15.1. The van der Waals surface area contributed by atoms with E-state index in [0.717, 1.165) is 22.6 Å². The molecular formula is C21H22O.